The maximum atomic E-state index is 13.2. The van der Waals surface area contributed by atoms with E-state index < -0.39 is 5.82 Å². The molecule has 0 spiro atoms. The largest absolute Gasteiger partial charge is 0.497 e. The Morgan fingerprint density at radius 1 is 0.833 bits per heavy atom. The second-order valence-electron chi connectivity index (χ2n) is 6.59. The van der Waals surface area contributed by atoms with Crippen molar-refractivity contribution in [2.75, 3.05) is 14.2 Å². The monoisotopic (exact) mass is 449 g/mol. The number of halogens is 3. The van der Waals surface area contributed by atoms with Gasteiger partial charge in [-0.05, 0) is 47.5 Å². The quantitative estimate of drug-likeness (QED) is 0.433. The zero-order valence-corrected chi connectivity index (χ0v) is 18.2. The molecule has 1 N–H and O–H groups in total. The van der Waals surface area contributed by atoms with E-state index in [0.717, 1.165) is 16.9 Å². The van der Waals surface area contributed by atoms with Gasteiger partial charge < -0.3 is 19.5 Å². The minimum atomic E-state index is -0.397. The SMILES string of the molecule is COc1ccc(CNCc2cc(Cl)c(OCc3ccc(F)cc3Cl)c(OC)c2)cc1. The Balaban J connectivity index is 1.64. The topological polar surface area (TPSA) is 39.7 Å². The van der Waals surface area contributed by atoms with Crippen molar-refractivity contribution in [3.63, 3.8) is 0 Å². The van der Waals surface area contributed by atoms with E-state index in [1.165, 1.54) is 12.1 Å². The number of hydrogen-bond donors (Lipinski definition) is 1. The third-order valence-corrected chi connectivity index (χ3v) is 5.13. The molecule has 0 amide bonds. The average molecular weight is 450 g/mol. The smallest absolute Gasteiger partial charge is 0.180 e. The zero-order valence-electron chi connectivity index (χ0n) is 16.7. The minimum Gasteiger partial charge on any atom is -0.497 e. The van der Waals surface area contributed by atoms with Gasteiger partial charge in [0.15, 0.2) is 11.5 Å². The number of nitrogens with one attached hydrogen (secondary N) is 1. The molecule has 4 nitrogen and oxygen atoms in total. The molecule has 3 aromatic rings. The summed E-state index contributed by atoms with van der Waals surface area (Å²) >= 11 is 12.5. The Hall–Kier alpha value is -2.47. The Bertz CT molecular complexity index is 996. The lowest BCUT2D eigenvalue weighted by atomic mass is 10.1. The van der Waals surface area contributed by atoms with Crippen LogP contribution < -0.4 is 19.5 Å². The fourth-order valence-corrected chi connectivity index (χ4v) is 3.41. The normalized spacial score (nSPS) is 10.7. The molecule has 0 fully saturated rings. The molecule has 0 aliphatic heterocycles. The maximum absolute atomic E-state index is 13.2. The van der Waals surface area contributed by atoms with E-state index >= 15 is 0 Å². The molecular formula is C23H22Cl2FNO3. The predicted molar refractivity (Wildman–Crippen MR) is 117 cm³/mol. The second-order valence-corrected chi connectivity index (χ2v) is 7.40. The number of rotatable bonds is 9. The average Bonchev–Trinajstić information content (AvgIpc) is 2.74. The molecule has 3 rings (SSSR count). The second kappa shape index (κ2) is 10.5. The van der Waals surface area contributed by atoms with E-state index in [0.29, 0.717) is 40.2 Å². The van der Waals surface area contributed by atoms with Crippen LogP contribution in [0.15, 0.2) is 54.6 Å². The molecule has 0 unspecified atom stereocenters. The van der Waals surface area contributed by atoms with Gasteiger partial charge in [0.2, 0.25) is 0 Å². The third-order valence-electron chi connectivity index (χ3n) is 4.49. The Morgan fingerprint density at radius 3 is 2.23 bits per heavy atom. The summed E-state index contributed by atoms with van der Waals surface area (Å²) in [7, 11) is 3.20. The van der Waals surface area contributed by atoms with Crippen LogP contribution in [0.2, 0.25) is 10.0 Å². The molecule has 0 aliphatic rings. The van der Waals surface area contributed by atoms with Crippen LogP contribution in [0.4, 0.5) is 4.39 Å². The van der Waals surface area contributed by atoms with Crippen molar-refractivity contribution in [3.05, 3.63) is 87.2 Å². The van der Waals surface area contributed by atoms with Crippen molar-refractivity contribution in [2.45, 2.75) is 19.7 Å². The minimum absolute atomic E-state index is 0.143. The summed E-state index contributed by atoms with van der Waals surface area (Å²) in [6, 6.07) is 15.7. The van der Waals surface area contributed by atoms with E-state index in [-0.39, 0.29) is 6.61 Å². The highest BCUT2D eigenvalue weighted by Crippen LogP contribution is 2.37. The van der Waals surface area contributed by atoms with Crippen LogP contribution in [-0.2, 0) is 19.7 Å². The van der Waals surface area contributed by atoms with Crippen LogP contribution in [0.3, 0.4) is 0 Å². The van der Waals surface area contributed by atoms with E-state index in [4.69, 9.17) is 37.4 Å². The van der Waals surface area contributed by atoms with Gasteiger partial charge in [-0.1, -0.05) is 41.4 Å². The summed E-state index contributed by atoms with van der Waals surface area (Å²) in [6.45, 7) is 1.45. The fraction of sp³-hybridized carbons (Fsp3) is 0.217. The molecule has 3 aromatic carbocycles. The standard InChI is InChI=1S/C23H22Cl2FNO3/c1-28-19-7-3-15(4-8-19)12-27-13-16-9-21(25)23(22(10-16)29-2)30-14-17-5-6-18(26)11-20(17)24/h3-11,27H,12-14H2,1-2H3. The first-order valence-electron chi connectivity index (χ1n) is 9.27. The van der Waals surface area contributed by atoms with Crippen LogP contribution in [0.25, 0.3) is 0 Å². The first-order valence-corrected chi connectivity index (χ1v) is 10.0. The van der Waals surface area contributed by atoms with E-state index in [1.807, 2.05) is 36.4 Å². The van der Waals surface area contributed by atoms with Gasteiger partial charge in [0, 0.05) is 18.7 Å². The van der Waals surface area contributed by atoms with Crippen LogP contribution >= 0.6 is 23.2 Å². The molecule has 158 valence electrons. The van der Waals surface area contributed by atoms with Crippen molar-refractivity contribution in [1.82, 2.24) is 5.32 Å². The molecule has 7 heteroatoms. The molecule has 0 aromatic heterocycles. The number of benzene rings is 3. The molecule has 0 radical (unpaired) electrons. The van der Waals surface area contributed by atoms with Crippen LogP contribution in [0.1, 0.15) is 16.7 Å². The maximum Gasteiger partial charge on any atom is 0.180 e. The lowest BCUT2D eigenvalue weighted by molar-refractivity contribution is 0.284. The summed E-state index contributed by atoms with van der Waals surface area (Å²) in [4.78, 5) is 0. The van der Waals surface area contributed by atoms with Gasteiger partial charge in [-0.15, -0.1) is 0 Å². The van der Waals surface area contributed by atoms with Gasteiger partial charge >= 0.3 is 0 Å². The number of methoxy groups -OCH3 is 2. The van der Waals surface area contributed by atoms with E-state index in [9.17, 15) is 4.39 Å². The first-order chi connectivity index (χ1) is 14.5. The lowest BCUT2D eigenvalue weighted by Gasteiger charge is -2.15. The number of ether oxygens (including phenoxy) is 3. The molecule has 30 heavy (non-hydrogen) atoms. The van der Waals surface area contributed by atoms with E-state index in [1.54, 1.807) is 20.3 Å². The molecule has 0 atom stereocenters. The molecule has 0 aliphatic carbocycles. The number of hydrogen-bond acceptors (Lipinski definition) is 4. The molecule has 0 saturated carbocycles. The van der Waals surface area contributed by atoms with Gasteiger partial charge in [-0.25, -0.2) is 4.39 Å². The van der Waals surface area contributed by atoms with Gasteiger partial charge in [-0.2, -0.15) is 0 Å². The van der Waals surface area contributed by atoms with Crippen LogP contribution in [0, 0.1) is 5.82 Å². The summed E-state index contributed by atoms with van der Waals surface area (Å²) < 4.78 is 29.6. The van der Waals surface area contributed by atoms with Crippen molar-refractivity contribution >= 4 is 23.2 Å². The van der Waals surface area contributed by atoms with Crippen molar-refractivity contribution in [2.24, 2.45) is 0 Å². The summed E-state index contributed by atoms with van der Waals surface area (Å²) in [5.74, 6) is 1.36. The fourth-order valence-electron chi connectivity index (χ4n) is 2.90. The van der Waals surface area contributed by atoms with E-state index in [2.05, 4.69) is 5.32 Å². The lowest BCUT2D eigenvalue weighted by Crippen LogP contribution is -2.13. The summed E-state index contributed by atoms with van der Waals surface area (Å²) in [5.41, 5.74) is 2.75. The van der Waals surface area contributed by atoms with Crippen molar-refractivity contribution in [1.29, 1.82) is 0 Å². The Labute approximate surface area is 185 Å². The van der Waals surface area contributed by atoms with Gasteiger partial charge in [0.1, 0.15) is 18.2 Å². The Morgan fingerprint density at radius 2 is 1.57 bits per heavy atom. The van der Waals surface area contributed by atoms with Gasteiger partial charge in [0.05, 0.1) is 24.3 Å². The highest BCUT2D eigenvalue weighted by atomic mass is 35.5. The summed E-state index contributed by atoms with van der Waals surface area (Å²) in [6.07, 6.45) is 0. The van der Waals surface area contributed by atoms with Crippen LogP contribution in [-0.4, -0.2) is 14.2 Å². The first kappa shape index (κ1) is 22.2. The van der Waals surface area contributed by atoms with Gasteiger partial charge in [0.25, 0.3) is 0 Å². The highest BCUT2D eigenvalue weighted by molar-refractivity contribution is 6.32. The Kier molecular flexibility index (Phi) is 7.80. The summed E-state index contributed by atoms with van der Waals surface area (Å²) in [5, 5.41) is 4.10. The highest BCUT2D eigenvalue weighted by Gasteiger charge is 2.13. The van der Waals surface area contributed by atoms with Crippen molar-refractivity contribution < 1.29 is 18.6 Å². The van der Waals surface area contributed by atoms with Gasteiger partial charge in [-0.3, -0.25) is 0 Å². The molecule has 0 heterocycles. The van der Waals surface area contributed by atoms with Crippen molar-refractivity contribution in [3.8, 4) is 17.2 Å². The zero-order chi connectivity index (χ0) is 21.5. The third kappa shape index (κ3) is 5.79. The predicted octanol–water partition coefficient (Wildman–Crippen LogP) is 6.02. The van der Waals surface area contributed by atoms with Crippen LogP contribution in [0.5, 0.6) is 17.2 Å². The molecular weight excluding hydrogens is 428 g/mol. The molecule has 0 bridgehead atoms. The molecule has 0 saturated heterocycles.